The number of rotatable bonds is 8. The molecule has 9 heteroatoms. The Morgan fingerprint density at radius 3 is 2.46 bits per heavy atom. The second-order valence-electron chi connectivity index (χ2n) is 9.28. The number of anilines is 2. The smallest absolute Gasteiger partial charge is 0.232 e. The summed E-state index contributed by atoms with van der Waals surface area (Å²) in [6, 6.07) is 13.7. The number of nitrogens with one attached hydrogen (secondary N) is 1. The van der Waals surface area contributed by atoms with E-state index in [0.29, 0.717) is 56.1 Å². The number of aromatic nitrogens is 2. The summed E-state index contributed by atoms with van der Waals surface area (Å²) in [6.07, 6.45) is 4.46. The van der Waals surface area contributed by atoms with Gasteiger partial charge < -0.3 is 25.5 Å². The third-order valence-corrected chi connectivity index (χ3v) is 6.65. The molecule has 37 heavy (non-hydrogen) atoms. The molecular weight excluding hydrogens is 473 g/mol. The maximum Gasteiger partial charge on any atom is 0.232 e. The number of aliphatic hydroxyl groups excluding tert-OH is 1. The van der Waals surface area contributed by atoms with Crippen molar-refractivity contribution in [1.29, 1.82) is 0 Å². The van der Waals surface area contributed by atoms with E-state index in [9.17, 15) is 14.3 Å². The zero-order valence-electron chi connectivity index (χ0n) is 20.5. The van der Waals surface area contributed by atoms with Gasteiger partial charge in [0.1, 0.15) is 23.7 Å². The van der Waals surface area contributed by atoms with Crippen LogP contribution in [0.15, 0.2) is 59.3 Å². The average molecular weight is 504 g/mol. The van der Waals surface area contributed by atoms with Gasteiger partial charge in [-0.25, -0.2) is 14.4 Å². The molecule has 0 unspecified atom stereocenters. The predicted octanol–water partition coefficient (Wildman–Crippen LogP) is 4.72. The number of hydrogen-bond acceptors (Lipinski definition) is 7. The number of carbonyl (C=O) groups is 1. The first-order chi connectivity index (χ1) is 18.0. The highest BCUT2D eigenvalue weighted by atomic mass is 19.1. The Morgan fingerprint density at radius 1 is 1.05 bits per heavy atom. The number of halogens is 1. The number of unbranched alkanes of at least 4 members (excludes halogenated alkanes) is 1. The molecule has 1 amide bonds. The van der Waals surface area contributed by atoms with Crippen molar-refractivity contribution in [2.24, 2.45) is 5.73 Å². The number of nitrogens with two attached hydrogens (primary N) is 1. The zero-order chi connectivity index (χ0) is 25.8. The van der Waals surface area contributed by atoms with E-state index in [1.807, 2.05) is 24.3 Å². The summed E-state index contributed by atoms with van der Waals surface area (Å²) >= 11 is 0. The van der Waals surface area contributed by atoms with Gasteiger partial charge in [0.25, 0.3) is 0 Å². The van der Waals surface area contributed by atoms with Gasteiger partial charge in [0.05, 0.1) is 11.5 Å². The topological polar surface area (TPSA) is 118 Å². The van der Waals surface area contributed by atoms with E-state index in [1.54, 1.807) is 12.1 Å². The van der Waals surface area contributed by atoms with Crippen LogP contribution in [0.3, 0.4) is 0 Å². The molecule has 8 nitrogen and oxygen atoms in total. The fourth-order valence-corrected chi connectivity index (χ4v) is 4.69. The van der Waals surface area contributed by atoms with E-state index >= 15 is 0 Å². The standard InChI is InChI=1S/C28H30FN5O3/c29-20-8-4-18(5-9-20)24-25-27(34-15-12-22(35)13-16-34)31-17-32-28(25)37-26(24)19-6-10-21(11-7-19)33-23(36)3-1-2-14-30/h4-11,17,22,35H,1-3,12-16,30H2,(H,33,36). The van der Waals surface area contributed by atoms with Crippen LogP contribution in [-0.2, 0) is 4.79 Å². The van der Waals surface area contributed by atoms with Crippen molar-refractivity contribution in [1.82, 2.24) is 9.97 Å². The molecule has 0 aliphatic carbocycles. The van der Waals surface area contributed by atoms with E-state index in [-0.39, 0.29) is 17.8 Å². The number of amides is 1. The highest BCUT2D eigenvalue weighted by molar-refractivity contribution is 6.06. The molecule has 4 aromatic rings. The van der Waals surface area contributed by atoms with Crippen LogP contribution in [0.25, 0.3) is 33.6 Å². The predicted molar refractivity (Wildman–Crippen MR) is 142 cm³/mol. The Morgan fingerprint density at radius 2 is 1.76 bits per heavy atom. The lowest BCUT2D eigenvalue weighted by molar-refractivity contribution is -0.116. The van der Waals surface area contributed by atoms with Gasteiger partial charge in [-0.3, -0.25) is 4.79 Å². The lowest BCUT2D eigenvalue weighted by atomic mass is 9.98. The molecule has 4 N–H and O–H groups in total. The van der Waals surface area contributed by atoms with Crippen molar-refractivity contribution in [3.8, 4) is 22.5 Å². The first kappa shape index (κ1) is 24.9. The molecule has 5 rings (SSSR count). The van der Waals surface area contributed by atoms with E-state index < -0.39 is 0 Å². The fraction of sp³-hybridized carbons (Fsp3) is 0.321. The summed E-state index contributed by atoms with van der Waals surface area (Å²) in [4.78, 5) is 23.3. The van der Waals surface area contributed by atoms with Crippen LogP contribution in [0.2, 0.25) is 0 Å². The molecule has 1 aliphatic rings. The zero-order valence-corrected chi connectivity index (χ0v) is 20.5. The molecule has 0 bridgehead atoms. The molecule has 3 heterocycles. The minimum Gasteiger partial charge on any atom is -0.437 e. The molecule has 0 spiro atoms. The maximum atomic E-state index is 13.8. The van der Waals surface area contributed by atoms with Gasteiger partial charge in [-0.2, -0.15) is 0 Å². The summed E-state index contributed by atoms with van der Waals surface area (Å²) < 4.78 is 20.1. The van der Waals surface area contributed by atoms with Crippen LogP contribution < -0.4 is 16.0 Å². The van der Waals surface area contributed by atoms with Gasteiger partial charge in [-0.05, 0) is 74.2 Å². The summed E-state index contributed by atoms with van der Waals surface area (Å²) in [5.41, 5.74) is 8.97. The minimum atomic E-state index is -0.328. The molecule has 0 atom stereocenters. The summed E-state index contributed by atoms with van der Waals surface area (Å²) in [7, 11) is 0. The van der Waals surface area contributed by atoms with Crippen LogP contribution in [0, 0.1) is 5.82 Å². The minimum absolute atomic E-state index is 0.0523. The van der Waals surface area contributed by atoms with Crippen LogP contribution in [-0.4, -0.2) is 46.7 Å². The number of carbonyl (C=O) groups excluding carboxylic acids is 1. The van der Waals surface area contributed by atoms with E-state index in [2.05, 4.69) is 20.2 Å². The first-order valence-corrected chi connectivity index (χ1v) is 12.6. The van der Waals surface area contributed by atoms with Crippen molar-refractivity contribution in [2.45, 2.75) is 38.2 Å². The van der Waals surface area contributed by atoms with Gasteiger partial charge in [0, 0.05) is 36.3 Å². The second-order valence-corrected chi connectivity index (χ2v) is 9.28. The number of benzene rings is 2. The molecule has 1 aliphatic heterocycles. The number of nitrogens with zero attached hydrogens (tertiary/aromatic N) is 3. The normalized spacial score (nSPS) is 14.3. The van der Waals surface area contributed by atoms with Crippen LogP contribution >= 0.6 is 0 Å². The summed E-state index contributed by atoms with van der Waals surface area (Å²) in [5, 5.41) is 13.6. The lowest BCUT2D eigenvalue weighted by Gasteiger charge is -2.30. The molecule has 1 fully saturated rings. The number of fused-ring (bicyclic) bond motifs is 1. The molecule has 2 aromatic heterocycles. The maximum absolute atomic E-state index is 13.8. The van der Waals surface area contributed by atoms with Gasteiger partial charge in [-0.15, -0.1) is 0 Å². The monoisotopic (exact) mass is 503 g/mol. The molecule has 192 valence electrons. The van der Waals surface area contributed by atoms with Gasteiger partial charge in [-0.1, -0.05) is 12.1 Å². The van der Waals surface area contributed by atoms with E-state index in [1.165, 1.54) is 18.5 Å². The Balaban J connectivity index is 1.54. The lowest BCUT2D eigenvalue weighted by Crippen LogP contribution is -2.36. The van der Waals surface area contributed by atoms with Gasteiger partial charge in [0.15, 0.2) is 0 Å². The Bertz CT molecular complexity index is 1360. The molecular formula is C28H30FN5O3. The summed E-state index contributed by atoms with van der Waals surface area (Å²) in [5.74, 6) is 0.934. The number of furan rings is 1. The SMILES string of the molecule is NCCCCC(=O)Nc1ccc(-c2oc3ncnc(N4CCC(O)CC4)c3c2-c2ccc(F)cc2)cc1. The second kappa shape index (κ2) is 11.1. The highest BCUT2D eigenvalue weighted by Crippen LogP contribution is 2.44. The number of aliphatic hydroxyl groups is 1. The number of hydrogen-bond donors (Lipinski definition) is 3. The van der Waals surface area contributed by atoms with Gasteiger partial charge in [0.2, 0.25) is 11.6 Å². The van der Waals surface area contributed by atoms with E-state index in [0.717, 1.165) is 40.7 Å². The van der Waals surface area contributed by atoms with Crippen LogP contribution in [0.5, 0.6) is 0 Å². The summed E-state index contributed by atoms with van der Waals surface area (Å²) in [6.45, 7) is 1.90. The van der Waals surface area contributed by atoms with Crippen molar-refractivity contribution in [3.63, 3.8) is 0 Å². The third-order valence-electron chi connectivity index (χ3n) is 6.65. The van der Waals surface area contributed by atoms with Crippen molar-refractivity contribution < 1.29 is 18.7 Å². The first-order valence-electron chi connectivity index (χ1n) is 12.6. The number of piperidine rings is 1. The fourth-order valence-electron chi connectivity index (χ4n) is 4.69. The third kappa shape index (κ3) is 5.47. The Kier molecular flexibility index (Phi) is 7.43. The van der Waals surface area contributed by atoms with Crippen LogP contribution in [0.1, 0.15) is 32.1 Å². The van der Waals surface area contributed by atoms with Crippen molar-refractivity contribution >= 4 is 28.5 Å². The van der Waals surface area contributed by atoms with Gasteiger partial charge >= 0.3 is 0 Å². The average Bonchev–Trinajstić information content (AvgIpc) is 3.30. The molecule has 1 saturated heterocycles. The Hall–Kier alpha value is -3.82. The van der Waals surface area contributed by atoms with E-state index in [4.69, 9.17) is 10.2 Å². The highest BCUT2D eigenvalue weighted by Gasteiger charge is 2.26. The molecule has 0 saturated carbocycles. The Labute approximate surface area is 214 Å². The van der Waals surface area contributed by atoms with Crippen molar-refractivity contribution in [2.75, 3.05) is 29.9 Å². The van der Waals surface area contributed by atoms with Crippen LogP contribution in [0.4, 0.5) is 15.9 Å². The largest absolute Gasteiger partial charge is 0.437 e. The molecule has 0 radical (unpaired) electrons. The molecule has 2 aromatic carbocycles. The quantitative estimate of drug-likeness (QED) is 0.298. The van der Waals surface area contributed by atoms with Crippen molar-refractivity contribution in [3.05, 3.63) is 60.7 Å².